The maximum absolute atomic E-state index is 14.5. The summed E-state index contributed by atoms with van der Waals surface area (Å²) >= 11 is 0. The third-order valence-electron chi connectivity index (χ3n) is 24.7. The zero-order valence-electron chi connectivity index (χ0n) is 87.7. The monoisotopic (exact) mass is 1970 g/mol. The molecule has 12 aromatic carbocycles. The lowest BCUT2D eigenvalue weighted by molar-refractivity contribution is 0.194. The number of ether oxygens (including phenoxy) is 6. The highest BCUT2D eigenvalue weighted by Gasteiger charge is 2.24. The smallest absolute Gasteiger partial charge is 0.312 e. The van der Waals surface area contributed by atoms with Crippen LogP contribution >= 0.6 is 0 Å². The fraction of sp³-hybridized carbons (Fsp3) is 0.317. The average Bonchev–Trinajstić information content (AvgIpc) is 1.01. The Hall–Kier alpha value is -14.9. The van der Waals surface area contributed by atoms with Crippen LogP contribution < -0.4 is 28.4 Å². The van der Waals surface area contributed by atoms with Gasteiger partial charge in [-0.25, -0.2) is 63.6 Å². The molecule has 0 radical (unpaired) electrons. The Morgan fingerprint density at radius 2 is 0.438 bits per heavy atom. The second-order valence-corrected chi connectivity index (χ2v) is 40.8. The molecule has 18 rings (SSSR count). The van der Waals surface area contributed by atoms with Crippen LogP contribution in [-0.2, 0) is 58.2 Å². The van der Waals surface area contributed by atoms with Crippen LogP contribution in [0.15, 0.2) is 323 Å². The predicted octanol–water partition coefficient (Wildman–Crippen LogP) is 29.9. The van der Waals surface area contributed by atoms with Crippen LogP contribution in [0.2, 0.25) is 0 Å². The zero-order valence-corrected chi connectivity index (χ0v) is 87.7. The molecule has 0 bridgehead atoms. The van der Waals surface area contributed by atoms with Gasteiger partial charge in [-0.1, -0.05) is 343 Å². The van der Waals surface area contributed by atoms with Gasteiger partial charge in [0, 0.05) is 25.7 Å². The molecule has 0 N–H and O–H groups in total. The molecule has 2 unspecified atom stereocenters. The van der Waals surface area contributed by atoms with Gasteiger partial charge in [0.05, 0.1) is 106 Å². The summed E-state index contributed by atoms with van der Waals surface area (Å²) in [5.41, 5.74) is 19.7. The zero-order chi connectivity index (χ0) is 105. The fourth-order valence-corrected chi connectivity index (χ4v) is 15.4. The molecule has 6 heterocycles. The summed E-state index contributed by atoms with van der Waals surface area (Å²) in [6, 6.07) is 96.2. The summed E-state index contributed by atoms with van der Waals surface area (Å²) in [4.78, 5) is 49.7. The number of aromatic nitrogens is 12. The molecule has 2 atom stereocenters. The first-order chi connectivity index (χ1) is 70.0. The van der Waals surface area contributed by atoms with E-state index in [2.05, 4.69) is 281 Å². The maximum Gasteiger partial charge on any atom is 0.312 e. The lowest BCUT2D eigenvalue weighted by atomic mass is 9.82. The number of hydrogen-bond donors (Lipinski definition) is 0. The van der Waals surface area contributed by atoms with E-state index in [1.54, 1.807) is 25.0 Å². The number of para-hydroxylation sites is 6. The molecule has 760 valence electrons. The molecular formula is C123H137F5N12O6. The predicted molar refractivity (Wildman–Crippen MR) is 582 cm³/mol. The van der Waals surface area contributed by atoms with Gasteiger partial charge >= 0.3 is 6.08 Å². The van der Waals surface area contributed by atoms with Crippen molar-refractivity contribution >= 4 is 65.4 Å². The molecule has 0 amide bonds. The summed E-state index contributed by atoms with van der Waals surface area (Å²) in [7, 11) is 1.00. The highest BCUT2D eigenvalue weighted by molar-refractivity contribution is 5.87. The van der Waals surface area contributed by atoms with E-state index in [4.69, 9.17) is 28.4 Å². The first-order valence-electron chi connectivity index (χ1n) is 49.3. The number of fused-ring (bicyclic) bond motifs is 6. The van der Waals surface area contributed by atoms with E-state index >= 15 is 0 Å². The van der Waals surface area contributed by atoms with Crippen LogP contribution in [0, 0.1) is 6.08 Å². The molecule has 0 aliphatic carbocycles. The Morgan fingerprint density at radius 3 is 0.678 bits per heavy atom. The third-order valence-corrected chi connectivity index (χ3v) is 24.7. The Bertz CT molecular complexity index is 6770. The van der Waals surface area contributed by atoms with Gasteiger partial charge in [-0.2, -0.15) is 9.37 Å². The van der Waals surface area contributed by atoms with Crippen LogP contribution in [0.1, 0.15) is 210 Å². The molecule has 146 heavy (non-hydrogen) atoms. The summed E-state index contributed by atoms with van der Waals surface area (Å²) in [6.45, 7) is 41.7. The first-order valence-corrected chi connectivity index (χ1v) is 49.3. The Morgan fingerprint density at radius 1 is 0.233 bits per heavy atom. The molecule has 0 aliphatic heterocycles. The Kier molecular flexibility index (Phi) is 40.6. The molecule has 6 aromatic heterocycles. The van der Waals surface area contributed by atoms with Gasteiger partial charge in [-0.05, 0) is 178 Å². The van der Waals surface area contributed by atoms with Gasteiger partial charge in [0.15, 0.2) is 12.3 Å². The van der Waals surface area contributed by atoms with Crippen molar-refractivity contribution in [1.82, 2.24) is 59.8 Å². The molecule has 0 fully saturated rings. The third kappa shape index (κ3) is 32.8. The Balaban J connectivity index is 0.000000165. The van der Waals surface area contributed by atoms with E-state index in [1.165, 1.54) is 68.3 Å². The van der Waals surface area contributed by atoms with Gasteiger partial charge in [0.2, 0.25) is 35.3 Å². The molecule has 23 heteroatoms. The van der Waals surface area contributed by atoms with Crippen molar-refractivity contribution < 1.29 is 50.4 Å². The summed E-state index contributed by atoms with van der Waals surface area (Å²) in [5.74, 6) is 3.08. The standard InChI is InChI=1S/C21H24N2O.3C20H21FN2O.2C20H22N2O.2CH3F/c1-4-21(2,3)17-11-9-16(10-12-17)13-14-24-20-18-7-5-6-8-19(18)22-15-23-20;2*1-20(2,3)15-10-8-14(9-11-15)17(21)12-24-19-16-6-4-5-7-18(16)22-13-23-19;1-20(2,3)15-10-8-14(9-11-15)12-13-24-18-16-6-4-5-7-17(16)22-19(21)23-18;2*1-20(2,3)16-10-8-15(9-11-16)12-13-23-19-17-6-4-5-7-18(17)21-14-22-19;2*1-2/h5-12,15H,4,13-14H2,1-3H3;2*4-11,13,17H,12H2,1-3H3;4-11H,12-13H2,1-3H3;2*4-11,14H,12-13H2,1-3H3;2*1H3/i;3*21-1;;;2*2-1. The number of hydrogen-bond acceptors (Lipinski definition) is 18. The van der Waals surface area contributed by atoms with Crippen LogP contribution in [0.4, 0.5) is 22.0 Å². The molecule has 0 spiro atoms. The fourth-order valence-electron chi connectivity index (χ4n) is 15.4. The number of halogens is 5. The van der Waals surface area contributed by atoms with Gasteiger partial charge < -0.3 is 28.4 Å². The van der Waals surface area contributed by atoms with Gasteiger partial charge in [-0.15, -0.1) is 0 Å². The van der Waals surface area contributed by atoms with Gasteiger partial charge in [0.25, 0.3) is 0 Å². The lowest BCUT2D eigenvalue weighted by Gasteiger charge is -2.23. The van der Waals surface area contributed by atoms with Gasteiger partial charge in [0.1, 0.15) is 44.9 Å². The molecule has 0 saturated carbocycles. The number of rotatable bonds is 26. The average molecular weight is 1970 g/mol. The van der Waals surface area contributed by atoms with E-state index in [9.17, 15) is 22.0 Å². The molecule has 18 aromatic rings. The van der Waals surface area contributed by atoms with Crippen molar-refractivity contribution in [3.63, 3.8) is 0 Å². The Labute approximate surface area is 857 Å². The number of benzene rings is 12. The van der Waals surface area contributed by atoms with E-state index in [0.29, 0.717) is 92.7 Å². The largest absolute Gasteiger partial charge is 0.477 e. The maximum atomic E-state index is 14.5. The van der Waals surface area contributed by atoms with E-state index in [0.717, 1.165) is 92.0 Å². The number of alkyl halides is 4. The molecule has 18 nitrogen and oxygen atoms in total. The topological polar surface area (TPSA) is 210 Å². The summed E-state index contributed by atoms with van der Waals surface area (Å²) < 4.78 is 96.0. The van der Waals surface area contributed by atoms with Crippen LogP contribution in [0.5, 0.6) is 35.3 Å². The quantitative estimate of drug-likeness (QED) is 0.0364. The second-order valence-electron chi connectivity index (χ2n) is 40.8. The van der Waals surface area contributed by atoms with E-state index in [1.807, 2.05) is 188 Å². The summed E-state index contributed by atoms with van der Waals surface area (Å²) in [6.07, 6.45) is 8.83. The highest BCUT2D eigenvalue weighted by atomic mass is 18.2. The van der Waals surface area contributed by atoms with Crippen molar-refractivity contribution in [2.24, 2.45) is 0 Å². The highest BCUT2D eigenvalue weighted by Crippen LogP contribution is 2.35. The minimum atomic E-state index is -1.20. The van der Waals surface area contributed by atoms with Crippen molar-refractivity contribution in [2.45, 2.75) is 202 Å². The molecule has 0 aliphatic rings. The molecular weight excluding hydrogens is 1830 g/mol. The summed E-state index contributed by atoms with van der Waals surface area (Å²) in [5, 5.41) is 5.17. The van der Waals surface area contributed by atoms with Crippen molar-refractivity contribution in [3.05, 3.63) is 396 Å². The first kappa shape index (κ1) is 111. The van der Waals surface area contributed by atoms with E-state index in [-0.39, 0.29) is 45.7 Å². The van der Waals surface area contributed by atoms with Crippen LogP contribution in [0.3, 0.4) is 0 Å². The second kappa shape index (κ2) is 53.1. The van der Waals surface area contributed by atoms with Crippen molar-refractivity contribution in [1.29, 1.82) is 0 Å². The van der Waals surface area contributed by atoms with Crippen molar-refractivity contribution in [3.8, 4) is 35.3 Å². The van der Waals surface area contributed by atoms with Crippen molar-refractivity contribution in [2.75, 3.05) is 54.0 Å². The lowest BCUT2D eigenvalue weighted by Crippen LogP contribution is -2.15. The normalized spacial score (nSPS) is 11.8. The van der Waals surface area contributed by atoms with Crippen LogP contribution in [0.25, 0.3) is 65.4 Å². The minimum Gasteiger partial charge on any atom is -0.477 e. The van der Waals surface area contributed by atoms with E-state index < -0.39 is 18.4 Å². The van der Waals surface area contributed by atoms with Gasteiger partial charge in [-0.3, -0.25) is 8.78 Å². The minimum absolute atomic E-state index is 0.0563. The van der Waals surface area contributed by atoms with Crippen LogP contribution in [-0.4, -0.2) is 114 Å². The SMILES string of the molecule is CC(C)(C)c1ccc(C([18F])COc2ncnc3ccccc23)cc1.CC(C)(C)c1ccc(C([18F])COc2ncnc3ccccc23)cc1.CC(C)(C)c1ccc(CCOc2nc([18F])nc3ccccc23)cc1.CC(C)(C)c1ccc(CCOc2ncnc3ccccc23)cc1.CC(C)(C)c1ccc(CCOc2ncnc3ccccc23)cc1.CCC(C)(C)c1ccc(CCOc2ncnc3ccccc23)cc1.C[18F].C[18F]. The number of nitrogens with zero attached hydrogens (tertiary/aromatic N) is 12. The molecule has 0 saturated heterocycles.